The summed E-state index contributed by atoms with van der Waals surface area (Å²) in [5, 5.41) is 8.79. The van der Waals surface area contributed by atoms with E-state index >= 15 is 0 Å². The third-order valence-corrected chi connectivity index (χ3v) is 3.70. The van der Waals surface area contributed by atoms with Crippen LogP contribution < -0.4 is 10.5 Å². The molecule has 0 unspecified atom stereocenters. The van der Waals surface area contributed by atoms with E-state index in [1.54, 1.807) is 0 Å². The highest BCUT2D eigenvalue weighted by molar-refractivity contribution is 5.35. The van der Waals surface area contributed by atoms with Gasteiger partial charge in [-0.1, -0.05) is 25.1 Å². The largest absolute Gasteiger partial charge is 0.493 e. The Morgan fingerprint density at radius 1 is 1.44 bits per heavy atom. The van der Waals surface area contributed by atoms with E-state index in [9.17, 15) is 0 Å². The van der Waals surface area contributed by atoms with E-state index in [-0.39, 0.29) is 11.5 Å². The number of para-hydroxylation sites is 1. The maximum atomic E-state index is 8.79. The van der Waals surface area contributed by atoms with E-state index < -0.39 is 0 Å². The summed E-state index contributed by atoms with van der Waals surface area (Å²) < 4.78 is 5.91. The van der Waals surface area contributed by atoms with Gasteiger partial charge in [0, 0.05) is 23.4 Å². The second kappa shape index (κ2) is 5.41. The number of nitrogens with two attached hydrogens (primary N) is 1. The Morgan fingerprint density at radius 3 is 2.78 bits per heavy atom. The van der Waals surface area contributed by atoms with Crippen LogP contribution in [0.1, 0.15) is 44.2 Å². The van der Waals surface area contributed by atoms with Crippen molar-refractivity contribution in [3.8, 4) is 11.8 Å². The summed E-state index contributed by atoms with van der Waals surface area (Å²) in [4.78, 5) is 0. The van der Waals surface area contributed by atoms with Crippen molar-refractivity contribution < 1.29 is 4.74 Å². The maximum absolute atomic E-state index is 8.79. The van der Waals surface area contributed by atoms with Crippen LogP contribution in [0.15, 0.2) is 24.3 Å². The van der Waals surface area contributed by atoms with Crippen LogP contribution in [0.3, 0.4) is 0 Å². The molecule has 2 rings (SSSR count). The summed E-state index contributed by atoms with van der Waals surface area (Å²) >= 11 is 0. The van der Waals surface area contributed by atoms with Gasteiger partial charge in [-0.2, -0.15) is 5.26 Å². The van der Waals surface area contributed by atoms with Gasteiger partial charge in [-0.25, -0.2) is 0 Å². The van der Waals surface area contributed by atoms with Crippen LogP contribution in [0.5, 0.6) is 5.75 Å². The molecule has 0 bridgehead atoms. The third kappa shape index (κ3) is 2.83. The first kappa shape index (κ1) is 12.9. The van der Waals surface area contributed by atoms with Gasteiger partial charge in [0.15, 0.2) is 0 Å². The van der Waals surface area contributed by atoms with E-state index in [2.05, 4.69) is 13.0 Å². The minimum Gasteiger partial charge on any atom is -0.493 e. The van der Waals surface area contributed by atoms with Crippen LogP contribution in [0.2, 0.25) is 0 Å². The standard InChI is InChI=1S/C15H20N2O/c1-2-13(17)12-5-3-4-6-14(12)18-11-15(7-8-15)9-10-16/h3-6,13H,2,7-9,11,17H2,1H3/t13-/m1/s1. The number of nitriles is 1. The van der Waals surface area contributed by atoms with Crippen molar-refractivity contribution in [1.82, 2.24) is 0 Å². The molecule has 0 aliphatic heterocycles. The number of rotatable bonds is 6. The van der Waals surface area contributed by atoms with Crippen molar-refractivity contribution in [3.63, 3.8) is 0 Å². The predicted octanol–water partition coefficient (Wildman–Crippen LogP) is 3.17. The summed E-state index contributed by atoms with van der Waals surface area (Å²) in [6.07, 6.45) is 3.68. The molecule has 1 aromatic rings. The van der Waals surface area contributed by atoms with Crippen LogP contribution in [0.25, 0.3) is 0 Å². The molecule has 18 heavy (non-hydrogen) atoms. The predicted molar refractivity (Wildman–Crippen MR) is 71.1 cm³/mol. The highest BCUT2D eigenvalue weighted by Crippen LogP contribution is 2.48. The summed E-state index contributed by atoms with van der Waals surface area (Å²) in [5.74, 6) is 0.871. The van der Waals surface area contributed by atoms with Crippen LogP contribution in [-0.2, 0) is 0 Å². The number of hydrogen-bond acceptors (Lipinski definition) is 3. The van der Waals surface area contributed by atoms with Crippen molar-refractivity contribution in [2.45, 2.75) is 38.6 Å². The lowest BCUT2D eigenvalue weighted by Crippen LogP contribution is -2.15. The van der Waals surface area contributed by atoms with Gasteiger partial charge in [-0.05, 0) is 25.3 Å². The van der Waals surface area contributed by atoms with Gasteiger partial charge in [0.1, 0.15) is 5.75 Å². The molecule has 3 nitrogen and oxygen atoms in total. The molecule has 2 N–H and O–H groups in total. The lowest BCUT2D eigenvalue weighted by molar-refractivity contribution is 0.233. The highest BCUT2D eigenvalue weighted by Gasteiger charge is 2.43. The van der Waals surface area contributed by atoms with Crippen molar-refractivity contribution in [3.05, 3.63) is 29.8 Å². The second-order valence-corrected chi connectivity index (χ2v) is 5.18. The minimum absolute atomic E-state index is 0.0207. The van der Waals surface area contributed by atoms with E-state index in [0.29, 0.717) is 13.0 Å². The lowest BCUT2D eigenvalue weighted by Gasteiger charge is -2.18. The summed E-state index contributed by atoms with van der Waals surface area (Å²) in [5.41, 5.74) is 7.25. The van der Waals surface area contributed by atoms with Crippen molar-refractivity contribution >= 4 is 0 Å². The average molecular weight is 244 g/mol. The van der Waals surface area contributed by atoms with E-state index in [1.165, 1.54) is 0 Å². The quantitative estimate of drug-likeness (QED) is 0.836. The average Bonchev–Trinajstić information content (AvgIpc) is 3.16. The van der Waals surface area contributed by atoms with Crippen LogP contribution in [-0.4, -0.2) is 6.61 Å². The molecule has 0 spiro atoms. The molecule has 0 radical (unpaired) electrons. The van der Waals surface area contributed by atoms with E-state index in [4.69, 9.17) is 15.7 Å². The fourth-order valence-corrected chi connectivity index (χ4v) is 2.09. The Hall–Kier alpha value is -1.53. The van der Waals surface area contributed by atoms with E-state index in [0.717, 1.165) is 30.6 Å². The zero-order valence-electron chi connectivity index (χ0n) is 10.9. The third-order valence-electron chi connectivity index (χ3n) is 3.70. The molecular weight excluding hydrogens is 224 g/mol. The van der Waals surface area contributed by atoms with Gasteiger partial charge in [0.25, 0.3) is 0 Å². The molecule has 1 atom stereocenters. The van der Waals surface area contributed by atoms with E-state index in [1.807, 2.05) is 24.3 Å². The molecule has 1 aliphatic carbocycles. The highest BCUT2D eigenvalue weighted by atomic mass is 16.5. The lowest BCUT2D eigenvalue weighted by atomic mass is 10.0. The molecule has 0 saturated heterocycles. The Morgan fingerprint density at radius 2 is 2.17 bits per heavy atom. The summed E-state index contributed by atoms with van der Waals surface area (Å²) in [7, 11) is 0. The number of nitrogens with zero attached hydrogens (tertiary/aromatic N) is 1. The minimum atomic E-state index is 0.0207. The van der Waals surface area contributed by atoms with Gasteiger partial charge in [-0.15, -0.1) is 0 Å². The number of benzene rings is 1. The van der Waals surface area contributed by atoms with Crippen molar-refractivity contribution in [2.24, 2.45) is 11.1 Å². The maximum Gasteiger partial charge on any atom is 0.124 e. The molecule has 1 fully saturated rings. The van der Waals surface area contributed by atoms with Crippen LogP contribution in [0, 0.1) is 16.7 Å². The SMILES string of the molecule is CC[C@@H](N)c1ccccc1OCC1(CC#N)CC1. The normalized spacial score (nSPS) is 17.8. The molecule has 0 heterocycles. The Labute approximate surface area is 109 Å². The topological polar surface area (TPSA) is 59.0 Å². The first-order valence-electron chi connectivity index (χ1n) is 6.55. The molecule has 0 amide bonds. The Bertz CT molecular complexity index is 446. The Kier molecular flexibility index (Phi) is 3.88. The fourth-order valence-electron chi connectivity index (χ4n) is 2.09. The number of hydrogen-bond donors (Lipinski definition) is 1. The number of ether oxygens (including phenoxy) is 1. The molecular formula is C15H20N2O. The zero-order chi connectivity index (χ0) is 13.0. The first-order chi connectivity index (χ1) is 8.71. The van der Waals surface area contributed by atoms with Gasteiger partial charge in [0.2, 0.25) is 0 Å². The summed E-state index contributed by atoms with van der Waals surface area (Å²) in [6, 6.07) is 10.2. The summed E-state index contributed by atoms with van der Waals surface area (Å²) in [6.45, 7) is 2.70. The van der Waals surface area contributed by atoms with Gasteiger partial charge in [-0.3, -0.25) is 0 Å². The van der Waals surface area contributed by atoms with Crippen LogP contribution in [0.4, 0.5) is 0 Å². The first-order valence-corrected chi connectivity index (χ1v) is 6.55. The van der Waals surface area contributed by atoms with Crippen molar-refractivity contribution in [1.29, 1.82) is 5.26 Å². The second-order valence-electron chi connectivity index (χ2n) is 5.18. The van der Waals surface area contributed by atoms with Gasteiger partial charge in [0.05, 0.1) is 12.7 Å². The molecule has 1 aliphatic rings. The smallest absolute Gasteiger partial charge is 0.124 e. The van der Waals surface area contributed by atoms with Crippen molar-refractivity contribution in [2.75, 3.05) is 6.61 Å². The van der Waals surface area contributed by atoms with Gasteiger partial charge >= 0.3 is 0 Å². The molecule has 1 aromatic carbocycles. The fraction of sp³-hybridized carbons (Fsp3) is 0.533. The molecule has 1 saturated carbocycles. The van der Waals surface area contributed by atoms with Crippen LogP contribution >= 0.6 is 0 Å². The zero-order valence-corrected chi connectivity index (χ0v) is 10.9. The molecule has 3 heteroatoms. The molecule has 0 aromatic heterocycles. The Balaban J connectivity index is 2.03. The molecule has 96 valence electrons. The monoisotopic (exact) mass is 244 g/mol. The van der Waals surface area contributed by atoms with Gasteiger partial charge < -0.3 is 10.5 Å².